The highest BCUT2D eigenvalue weighted by atomic mass is 16.5. The van der Waals surface area contributed by atoms with Crippen LogP contribution in [0.2, 0.25) is 0 Å². The first-order valence-electron chi connectivity index (χ1n) is 12.5. The third kappa shape index (κ3) is 4.14. The summed E-state index contributed by atoms with van der Waals surface area (Å²) in [5.74, 6) is 0.646. The predicted octanol–water partition coefficient (Wildman–Crippen LogP) is 6.70. The number of Topliss-reactive ketones (excluding diaryl/α,β-unsaturated/α-hetero) is 1. The highest BCUT2D eigenvalue weighted by Gasteiger charge is 2.60. The topological polar surface area (TPSA) is 43.4 Å². The van der Waals surface area contributed by atoms with Crippen molar-refractivity contribution in [3.63, 3.8) is 0 Å². The van der Waals surface area contributed by atoms with Crippen LogP contribution < -0.4 is 0 Å². The molecule has 5 atom stereocenters. The average Bonchev–Trinajstić information content (AvgIpc) is 2.79. The van der Waals surface area contributed by atoms with Crippen molar-refractivity contribution in [1.82, 2.24) is 0 Å². The van der Waals surface area contributed by atoms with Crippen LogP contribution in [-0.4, -0.2) is 17.7 Å². The van der Waals surface area contributed by atoms with Crippen molar-refractivity contribution in [2.45, 2.75) is 92.3 Å². The van der Waals surface area contributed by atoms with E-state index >= 15 is 0 Å². The quantitative estimate of drug-likeness (QED) is 0.529. The third-order valence-corrected chi connectivity index (χ3v) is 9.34. The van der Waals surface area contributed by atoms with Crippen LogP contribution in [0.3, 0.4) is 0 Å². The molecule has 0 radical (unpaired) electrons. The lowest BCUT2D eigenvalue weighted by molar-refractivity contribution is -0.158. The number of benzene rings is 1. The Bertz CT molecular complexity index is 898. The Labute approximate surface area is 194 Å². The van der Waals surface area contributed by atoms with Crippen molar-refractivity contribution in [2.24, 2.45) is 28.1 Å². The maximum Gasteiger partial charge on any atom is 0.156 e. The molecule has 0 N–H and O–H groups in total. The number of allylic oxidation sites excluding steroid dienone is 2. The second kappa shape index (κ2) is 8.56. The molecule has 2 saturated carbocycles. The number of carbonyl (C=O) groups excluding carboxylic acids is 2. The van der Waals surface area contributed by atoms with Gasteiger partial charge in [-0.3, -0.25) is 9.59 Å². The van der Waals surface area contributed by atoms with Crippen LogP contribution in [0, 0.1) is 28.1 Å². The molecule has 1 aromatic carbocycles. The molecule has 0 unspecified atom stereocenters. The molecule has 32 heavy (non-hydrogen) atoms. The van der Waals surface area contributed by atoms with Crippen molar-refractivity contribution in [2.75, 3.05) is 0 Å². The summed E-state index contributed by atoms with van der Waals surface area (Å²) < 4.78 is 6.53. The van der Waals surface area contributed by atoms with E-state index in [4.69, 9.17) is 4.74 Å². The molecule has 3 aliphatic rings. The Morgan fingerprint density at radius 1 is 0.969 bits per heavy atom. The summed E-state index contributed by atoms with van der Waals surface area (Å²) in [5.41, 5.74) is 1.78. The van der Waals surface area contributed by atoms with Gasteiger partial charge in [-0.1, -0.05) is 63.6 Å². The zero-order valence-corrected chi connectivity index (χ0v) is 20.6. The molecule has 1 aromatic rings. The number of rotatable bonds is 3. The van der Waals surface area contributed by atoms with Gasteiger partial charge in [-0.25, -0.2) is 0 Å². The monoisotopic (exact) mass is 436 g/mol. The van der Waals surface area contributed by atoms with E-state index in [9.17, 15) is 9.59 Å². The molecule has 174 valence electrons. The highest BCUT2D eigenvalue weighted by molar-refractivity contribution is 5.97. The smallest absolute Gasteiger partial charge is 0.156 e. The SMILES string of the molecule is C/C1=C/C(=O)C[C@@H]2C(=O)[C@@](C)(CC1)CC[C@H]1C(C)(C)[C@H](OCc3ccccc3)CC[C@]21C. The summed E-state index contributed by atoms with van der Waals surface area (Å²) >= 11 is 0. The first kappa shape index (κ1) is 23.4. The maximum absolute atomic E-state index is 14.0. The molecular formula is C29H40O3. The number of hydrogen-bond acceptors (Lipinski definition) is 3. The summed E-state index contributed by atoms with van der Waals surface area (Å²) in [6, 6.07) is 10.4. The lowest BCUT2D eigenvalue weighted by Crippen LogP contribution is -2.54. The van der Waals surface area contributed by atoms with Crippen LogP contribution in [0.15, 0.2) is 42.0 Å². The van der Waals surface area contributed by atoms with Gasteiger partial charge in [0.2, 0.25) is 0 Å². The van der Waals surface area contributed by atoms with Gasteiger partial charge in [0.15, 0.2) is 5.78 Å². The fourth-order valence-electron chi connectivity index (χ4n) is 7.21. The molecule has 2 fully saturated rings. The molecule has 4 rings (SSSR count). The fourth-order valence-corrected chi connectivity index (χ4v) is 7.21. The van der Waals surface area contributed by atoms with Crippen molar-refractivity contribution < 1.29 is 14.3 Å². The maximum atomic E-state index is 14.0. The van der Waals surface area contributed by atoms with Crippen LogP contribution in [0.25, 0.3) is 0 Å². The van der Waals surface area contributed by atoms with Crippen molar-refractivity contribution in [3.8, 4) is 0 Å². The second-order valence-electron chi connectivity index (χ2n) is 11.9. The minimum Gasteiger partial charge on any atom is -0.373 e. The highest BCUT2D eigenvalue weighted by Crippen LogP contribution is 2.62. The van der Waals surface area contributed by atoms with Crippen molar-refractivity contribution in [1.29, 1.82) is 0 Å². The Hall–Kier alpha value is -1.74. The van der Waals surface area contributed by atoms with E-state index in [1.54, 1.807) is 0 Å². The minimum atomic E-state index is -0.332. The third-order valence-electron chi connectivity index (χ3n) is 9.34. The Balaban J connectivity index is 1.65. The number of ketones is 2. The summed E-state index contributed by atoms with van der Waals surface area (Å²) in [6.45, 7) is 11.8. The van der Waals surface area contributed by atoms with E-state index in [-0.39, 0.29) is 34.1 Å². The van der Waals surface area contributed by atoms with Crippen molar-refractivity contribution >= 4 is 11.6 Å². The van der Waals surface area contributed by atoms with E-state index in [0.717, 1.165) is 44.1 Å². The largest absolute Gasteiger partial charge is 0.373 e. The molecule has 3 nitrogen and oxygen atoms in total. The number of carbonyl (C=O) groups is 2. The zero-order chi connectivity index (χ0) is 23.1. The normalized spacial score (nSPS) is 39.0. The molecule has 0 spiro atoms. The summed E-state index contributed by atoms with van der Waals surface area (Å²) in [4.78, 5) is 26.9. The molecule has 0 saturated heterocycles. The van der Waals surface area contributed by atoms with Crippen LogP contribution in [0.5, 0.6) is 0 Å². The minimum absolute atomic E-state index is 0.0511. The summed E-state index contributed by atoms with van der Waals surface area (Å²) in [5, 5.41) is 0. The van der Waals surface area contributed by atoms with Crippen LogP contribution in [0.4, 0.5) is 0 Å². The van der Waals surface area contributed by atoms with Crippen LogP contribution >= 0.6 is 0 Å². The number of fused-ring (bicyclic) bond motifs is 4. The van der Waals surface area contributed by atoms with Gasteiger partial charge >= 0.3 is 0 Å². The van der Waals surface area contributed by atoms with Gasteiger partial charge in [-0.2, -0.15) is 0 Å². The Morgan fingerprint density at radius 2 is 1.69 bits per heavy atom. The predicted molar refractivity (Wildman–Crippen MR) is 128 cm³/mol. The van der Waals surface area contributed by atoms with Gasteiger partial charge in [0.25, 0.3) is 0 Å². The Morgan fingerprint density at radius 3 is 2.41 bits per heavy atom. The van der Waals surface area contributed by atoms with Gasteiger partial charge in [0.05, 0.1) is 12.7 Å². The lowest BCUT2D eigenvalue weighted by Gasteiger charge is -2.56. The lowest BCUT2D eigenvalue weighted by atomic mass is 9.50. The first-order valence-corrected chi connectivity index (χ1v) is 12.5. The van der Waals surface area contributed by atoms with E-state index < -0.39 is 0 Å². The van der Waals surface area contributed by atoms with Gasteiger partial charge in [0.1, 0.15) is 5.78 Å². The van der Waals surface area contributed by atoms with E-state index in [1.807, 2.05) is 19.1 Å². The number of ether oxygens (including phenoxy) is 1. The molecular weight excluding hydrogens is 396 g/mol. The molecule has 0 heterocycles. The molecule has 2 bridgehead atoms. The summed E-state index contributed by atoms with van der Waals surface area (Å²) in [6.07, 6.45) is 7.87. The fraction of sp³-hybridized carbons (Fsp3) is 0.655. The molecule has 3 heteroatoms. The van der Waals surface area contributed by atoms with Crippen molar-refractivity contribution in [3.05, 3.63) is 47.5 Å². The zero-order valence-electron chi connectivity index (χ0n) is 20.6. The molecule has 0 aliphatic heterocycles. The second-order valence-corrected chi connectivity index (χ2v) is 11.9. The molecule has 3 aliphatic carbocycles. The number of hydrogen-bond donors (Lipinski definition) is 0. The van der Waals surface area contributed by atoms with Gasteiger partial charge < -0.3 is 4.74 Å². The standard InChI is InChI=1S/C29H40O3/c1-20-11-14-28(4)15-12-24-27(2,3)25(32-19-21-9-7-6-8-10-21)13-16-29(24,5)23(26(28)31)18-22(30)17-20/h6-10,17,23-25H,11-16,18-19H2,1-5H3/b20-17-/t23-,24+,25-,28+,29-/m1/s1. The van der Waals surface area contributed by atoms with Crippen LogP contribution in [0.1, 0.15) is 85.1 Å². The van der Waals surface area contributed by atoms with Gasteiger partial charge in [0, 0.05) is 17.8 Å². The summed E-state index contributed by atoms with van der Waals surface area (Å²) in [7, 11) is 0. The van der Waals surface area contributed by atoms with Gasteiger partial charge in [-0.15, -0.1) is 0 Å². The van der Waals surface area contributed by atoms with E-state index in [1.165, 1.54) is 5.56 Å². The van der Waals surface area contributed by atoms with E-state index in [2.05, 4.69) is 52.0 Å². The van der Waals surface area contributed by atoms with Gasteiger partial charge in [-0.05, 0) is 73.8 Å². The van der Waals surface area contributed by atoms with E-state index in [0.29, 0.717) is 24.7 Å². The Kier molecular flexibility index (Phi) is 6.26. The molecule has 0 aromatic heterocycles. The molecule has 0 amide bonds. The average molecular weight is 437 g/mol. The first-order chi connectivity index (χ1) is 15.1. The van der Waals surface area contributed by atoms with Crippen LogP contribution in [-0.2, 0) is 20.9 Å².